The van der Waals surface area contributed by atoms with Crippen LogP contribution in [0.2, 0.25) is 16.6 Å². The molecule has 1 fully saturated rings. The van der Waals surface area contributed by atoms with E-state index in [2.05, 4.69) is 112 Å². The molecule has 1 aliphatic heterocycles. The number of aliphatic hydroxyl groups excluding tert-OH is 1. The van der Waals surface area contributed by atoms with Gasteiger partial charge >= 0.3 is 0 Å². The first-order valence-electron chi connectivity index (χ1n) is 19.9. The van der Waals surface area contributed by atoms with Crippen LogP contribution in [0.3, 0.4) is 0 Å². The number of nitrogens with zero attached hydrogens (tertiary/aromatic N) is 1. The van der Waals surface area contributed by atoms with E-state index >= 15 is 0 Å². The maximum Gasteiger partial charge on any atom is 0.146 e. The van der Waals surface area contributed by atoms with Gasteiger partial charge in [-0.1, -0.05) is 120 Å². The molecular formula is C49H55NO5Si. The molecule has 0 aliphatic carbocycles. The number of hydrogen-bond donors (Lipinski definition) is 1. The first kappa shape index (κ1) is 39.4. The molecule has 1 aliphatic rings. The van der Waals surface area contributed by atoms with Crippen molar-refractivity contribution in [2.75, 3.05) is 20.8 Å². The number of para-hydroxylation sites is 1. The fourth-order valence-electron chi connectivity index (χ4n) is 9.31. The van der Waals surface area contributed by atoms with E-state index in [9.17, 15) is 5.11 Å². The van der Waals surface area contributed by atoms with Crippen molar-refractivity contribution in [3.05, 3.63) is 144 Å². The zero-order valence-electron chi connectivity index (χ0n) is 34.0. The Morgan fingerprint density at radius 1 is 0.696 bits per heavy atom. The molecule has 56 heavy (non-hydrogen) atoms. The molecule has 7 rings (SSSR count). The van der Waals surface area contributed by atoms with Crippen molar-refractivity contribution in [1.82, 2.24) is 4.57 Å². The van der Waals surface area contributed by atoms with E-state index in [1.54, 1.807) is 14.2 Å². The third-order valence-corrected chi connectivity index (χ3v) is 18.4. The highest BCUT2D eigenvalue weighted by Gasteiger charge is 2.43. The molecule has 1 N–H and O–H groups in total. The lowest BCUT2D eigenvalue weighted by Crippen LogP contribution is -2.43. The van der Waals surface area contributed by atoms with Crippen LogP contribution >= 0.6 is 0 Å². The zero-order valence-corrected chi connectivity index (χ0v) is 35.0. The second-order valence-electron chi connectivity index (χ2n) is 16.0. The largest absolute Gasteiger partial charge is 0.497 e. The average molecular weight is 766 g/mol. The molecule has 290 valence electrons. The third-order valence-electron chi connectivity index (χ3n) is 12.1. The van der Waals surface area contributed by atoms with Gasteiger partial charge in [0.25, 0.3) is 0 Å². The van der Waals surface area contributed by atoms with Crippen LogP contribution in [-0.4, -0.2) is 50.8 Å². The first-order chi connectivity index (χ1) is 27.0. The number of aliphatic hydroxyl groups is 1. The van der Waals surface area contributed by atoms with Gasteiger partial charge < -0.3 is 28.6 Å². The molecule has 3 atom stereocenters. The van der Waals surface area contributed by atoms with Crippen molar-refractivity contribution < 1.29 is 24.1 Å². The van der Waals surface area contributed by atoms with E-state index in [0.29, 0.717) is 23.0 Å². The molecule has 0 saturated carbocycles. The first-order valence-corrected chi connectivity index (χ1v) is 22.1. The SMILES string of the molecule is COc1ccc(C(OC[C@H]2O[C@@H](n3c4ccccc4c4cc(C#C[Si](C(C)C)(C(C)C)C(C)C)ccc43)C[C@@H]2O)(c2ccccc2)c2ccc(OC)cc2)cc1. The molecule has 0 bridgehead atoms. The van der Waals surface area contributed by atoms with Crippen LogP contribution in [0.5, 0.6) is 11.5 Å². The second kappa shape index (κ2) is 16.3. The minimum atomic E-state index is -1.90. The van der Waals surface area contributed by atoms with Crippen molar-refractivity contribution in [3.63, 3.8) is 0 Å². The van der Waals surface area contributed by atoms with Gasteiger partial charge in [-0.3, -0.25) is 0 Å². The summed E-state index contributed by atoms with van der Waals surface area (Å²) < 4.78 is 27.3. The fraction of sp³-hybridized carbons (Fsp3) is 0.347. The van der Waals surface area contributed by atoms with Gasteiger partial charge in [-0.25, -0.2) is 0 Å². The van der Waals surface area contributed by atoms with Crippen LogP contribution in [0, 0.1) is 11.5 Å². The Hall–Kier alpha value is -4.84. The van der Waals surface area contributed by atoms with Gasteiger partial charge in [0.1, 0.15) is 37.5 Å². The molecule has 0 spiro atoms. The maximum absolute atomic E-state index is 11.7. The van der Waals surface area contributed by atoms with Gasteiger partial charge in [-0.05, 0) is 81.8 Å². The zero-order chi connectivity index (χ0) is 39.6. The smallest absolute Gasteiger partial charge is 0.146 e. The van der Waals surface area contributed by atoms with Crippen LogP contribution < -0.4 is 9.47 Å². The molecule has 5 aromatic carbocycles. The minimum Gasteiger partial charge on any atom is -0.497 e. The normalized spacial score (nSPS) is 17.5. The average Bonchev–Trinajstić information content (AvgIpc) is 3.75. The van der Waals surface area contributed by atoms with E-state index in [4.69, 9.17) is 18.9 Å². The van der Waals surface area contributed by atoms with E-state index < -0.39 is 32.1 Å². The van der Waals surface area contributed by atoms with Crippen LogP contribution in [0.15, 0.2) is 121 Å². The molecule has 7 heteroatoms. The maximum atomic E-state index is 11.7. The third kappa shape index (κ3) is 7.05. The van der Waals surface area contributed by atoms with Crippen molar-refractivity contribution >= 4 is 29.9 Å². The topological polar surface area (TPSA) is 62.1 Å². The summed E-state index contributed by atoms with van der Waals surface area (Å²) >= 11 is 0. The van der Waals surface area contributed by atoms with Crippen LogP contribution in [0.1, 0.15) is 76.4 Å². The van der Waals surface area contributed by atoms with E-state index in [1.807, 2.05) is 66.7 Å². The Labute approximate surface area is 333 Å². The van der Waals surface area contributed by atoms with Gasteiger partial charge in [0, 0.05) is 22.8 Å². The molecule has 1 aromatic heterocycles. The lowest BCUT2D eigenvalue weighted by molar-refractivity contribution is -0.0923. The van der Waals surface area contributed by atoms with Crippen LogP contribution in [0.4, 0.5) is 0 Å². The number of methoxy groups -OCH3 is 2. The number of ether oxygens (including phenoxy) is 4. The fourth-order valence-corrected chi connectivity index (χ4v) is 14.5. The van der Waals surface area contributed by atoms with E-state index in [1.165, 1.54) is 0 Å². The Kier molecular flexibility index (Phi) is 11.5. The van der Waals surface area contributed by atoms with Gasteiger partial charge in [0.2, 0.25) is 0 Å². The summed E-state index contributed by atoms with van der Waals surface area (Å²) in [6.45, 7) is 14.3. The molecule has 6 nitrogen and oxygen atoms in total. The van der Waals surface area contributed by atoms with Crippen LogP contribution in [0.25, 0.3) is 21.8 Å². The number of rotatable bonds is 12. The van der Waals surface area contributed by atoms with Gasteiger partial charge in [-0.15, -0.1) is 5.54 Å². The summed E-state index contributed by atoms with van der Waals surface area (Å²) in [5, 5.41) is 14.0. The standard InChI is InChI=1S/C49H55NO5Si/c1-33(2)56(34(3)4,35(5)6)29-28-36-18-27-45-43(30-36)42-16-12-13-17-44(42)50(45)48-31-46(51)47(55-48)32-54-49(37-14-10-9-11-15-37,38-19-23-40(52-7)24-20-38)39-21-25-41(53-8)26-22-39/h9-27,30,33-35,46-48,51H,31-32H2,1-8H3/t46-,47+,48+/m0/s1. The quantitative estimate of drug-likeness (QED) is 0.0764. The molecular weight excluding hydrogens is 711 g/mol. The summed E-state index contributed by atoms with van der Waals surface area (Å²) in [6, 6.07) is 41.2. The molecule has 2 heterocycles. The second-order valence-corrected chi connectivity index (χ2v) is 21.6. The van der Waals surface area contributed by atoms with Gasteiger partial charge in [0.15, 0.2) is 0 Å². The summed E-state index contributed by atoms with van der Waals surface area (Å²) in [5.74, 6) is 5.17. The molecule has 6 aromatic rings. The highest BCUT2D eigenvalue weighted by molar-refractivity contribution is 6.90. The highest BCUT2D eigenvalue weighted by Crippen LogP contribution is 2.44. The van der Waals surface area contributed by atoms with Crippen LogP contribution in [-0.2, 0) is 15.1 Å². The number of aromatic nitrogens is 1. The van der Waals surface area contributed by atoms with Crippen molar-refractivity contribution in [2.45, 2.75) is 88.6 Å². The van der Waals surface area contributed by atoms with Crippen molar-refractivity contribution in [1.29, 1.82) is 0 Å². The molecule has 1 saturated heterocycles. The summed E-state index contributed by atoms with van der Waals surface area (Å²) in [5.41, 5.74) is 10.5. The van der Waals surface area contributed by atoms with Gasteiger partial charge in [-0.2, -0.15) is 0 Å². The molecule has 0 amide bonds. The molecule has 0 radical (unpaired) electrons. The van der Waals surface area contributed by atoms with E-state index in [0.717, 1.165) is 55.6 Å². The minimum absolute atomic E-state index is 0.148. The van der Waals surface area contributed by atoms with Gasteiger partial charge in [0.05, 0.1) is 38.0 Å². The molecule has 0 unspecified atom stereocenters. The predicted octanol–water partition coefficient (Wildman–Crippen LogP) is 11.0. The highest BCUT2D eigenvalue weighted by atomic mass is 28.3. The Balaban J connectivity index is 1.24. The summed E-state index contributed by atoms with van der Waals surface area (Å²) in [7, 11) is 1.43. The Morgan fingerprint density at radius 3 is 1.80 bits per heavy atom. The van der Waals surface area contributed by atoms with E-state index in [-0.39, 0.29) is 6.61 Å². The van der Waals surface area contributed by atoms with Crippen molar-refractivity contribution in [2.24, 2.45) is 0 Å². The number of benzene rings is 5. The Morgan fingerprint density at radius 2 is 1.23 bits per heavy atom. The number of fused-ring (bicyclic) bond motifs is 3. The predicted molar refractivity (Wildman–Crippen MR) is 230 cm³/mol. The Bertz CT molecular complexity index is 2250. The monoisotopic (exact) mass is 765 g/mol. The summed E-state index contributed by atoms with van der Waals surface area (Å²) in [6.07, 6.45) is -1.29. The number of hydrogen-bond acceptors (Lipinski definition) is 5. The van der Waals surface area contributed by atoms with Crippen molar-refractivity contribution in [3.8, 4) is 23.0 Å². The summed E-state index contributed by atoms with van der Waals surface area (Å²) in [4.78, 5) is 0. The lowest BCUT2D eigenvalue weighted by atomic mass is 9.80. The lowest BCUT2D eigenvalue weighted by Gasteiger charge is -2.38.